The van der Waals surface area contributed by atoms with Gasteiger partial charge in [0.1, 0.15) is 0 Å². The normalized spacial score (nSPS) is 11.3. The molecule has 0 saturated carbocycles. The molecule has 0 fully saturated rings. The highest BCUT2D eigenvalue weighted by atomic mass is 35.5. The van der Waals surface area contributed by atoms with Crippen LogP contribution in [-0.2, 0) is 15.8 Å². The van der Waals surface area contributed by atoms with E-state index in [0.29, 0.717) is 44.9 Å². The van der Waals surface area contributed by atoms with Crippen molar-refractivity contribution in [2.45, 2.75) is 12.7 Å². The fraction of sp³-hybridized carbons (Fsp3) is 0.278. The summed E-state index contributed by atoms with van der Waals surface area (Å²) in [5.41, 5.74) is 2.29. The van der Waals surface area contributed by atoms with E-state index in [1.165, 1.54) is 0 Å². The zero-order chi connectivity index (χ0) is 20.0. The molecule has 0 bridgehead atoms. The Hall–Kier alpha value is -1.41. The van der Waals surface area contributed by atoms with E-state index in [0.717, 1.165) is 11.8 Å². The molecule has 2 rings (SSSR count). The maximum Gasteiger partial charge on any atom is 0.251 e. The third-order valence-electron chi connectivity index (χ3n) is 3.71. The average Bonchev–Trinajstić information content (AvgIpc) is 2.57. The molecule has 0 aliphatic rings. The number of thioether (sulfide) groups is 1. The number of rotatable bonds is 8. The van der Waals surface area contributed by atoms with Crippen LogP contribution in [-0.4, -0.2) is 32.9 Å². The third kappa shape index (κ3) is 6.60. The van der Waals surface area contributed by atoms with Crippen LogP contribution in [0.4, 0.5) is 5.69 Å². The number of carbonyl (C=O) groups excluding carboxylic acids is 1. The molecule has 0 aromatic heterocycles. The number of anilines is 1. The monoisotopic (exact) mass is 446 g/mol. The number of carbonyl (C=O) groups is 1. The molecule has 0 aliphatic heterocycles. The topological polar surface area (TPSA) is 75.3 Å². The summed E-state index contributed by atoms with van der Waals surface area (Å²) in [6, 6.07) is 10.3. The van der Waals surface area contributed by atoms with Crippen molar-refractivity contribution in [1.82, 2.24) is 5.32 Å². The Kier molecular flexibility index (Phi) is 7.85. The molecule has 0 spiro atoms. The molecule has 0 saturated heterocycles. The van der Waals surface area contributed by atoms with Gasteiger partial charge in [0, 0.05) is 33.7 Å². The summed E-state index contributed by atoms with van der Waals surface area (Å²) in [6.45, 7) is 2.17. The van der Waals surface area contributed by atoms with Crippen LogP contribution >= 0.6 is 35.0 Å². The highest BCUT2D eigenvalue weighted by Gasteiger charge is 2.13. The largest absolute Gasteiger partial charge is 0.351 e. The summed E-state index contributed by atoms with van der Waals surface area (Å²) >= 11 is 13.9. The van der Waals surface area contributed by atoms with Crippen molar-refractivity contribution in [1.29, 1.82) is 0 Å². The van der Waals surface area contributed by atoms with Crippen molar-refractivity contribution >= 4 is 56.6 Å². The maximum absolute atomic E-state index is 12.4. The first-order chi connectivity index (χ1) is 12.7. The van der Waals surface area contributed by atoms with Crippen LogP contribution in [0.3, 0.4) is 0 Å². The molecule has 1 amide bonds. The van der Waals surface area contributed by atoms with Gasteiger partial charge in [-0.25, -0.2) is 8.42 Å². The lowest BCUT2D eigenvalue weighted by Gasteiger charge is -2.12. The van der Waals surface area contributed by atoms with E-state index >= 15 is 0 Å². The molecular formula is C18H20Cl2N2O3S2. The Morgan fingerprint density at radius 2 is 1.74 bits per heavy atom. The zero-order valence-electron chi connectivity index (χ0n) is 14.9. The van der Waals surface area contributed by atoms with Gasteiger partial charge in [-0.05, 0) is 42.3 Å². The third-order valence-corrected chi connectivity index (χ3v) is 6.00. The minimum absolute atomic E-state index is 0.249. The second kappa shape index (κ2) is 9.68. The number of sulfonamides is 1. The number of hydrogen-bond acceptors (Lipinski definition) is 4. The molecule has 2 aromatic rings. The number of amides is 1. The molecule has 0 radical (unpaired) electrons. The minimum atomic E-state index is -3.41. The van der Waals surface area contributed by atoms with Gasteiger partial charge in [-0.15, -0.1) is 0 Å². The predicted molar refractivity (Wildman–Crippen MR) is 115 cm³/mol. The number of benzene rings is 2. The van der Waals surface area contributed by atoms with Crippen LogP contribution in [0.5, 0.6) is 0 Å². The van der Waals surface area contributed by atoms with E-state index in [9.17, 15) is 13.2 Å². The standard InChI is InChI=1S/C18H20Cl2N2O3S2/c1-12-13(5-3-8-17(12)22-27(2,24)25)18(23)21-9-10-26-11-14-15(19)6-4-7-16(14)20/h3-8,22H,9-11H2,1-2H3,(H,21,23). The fourth-order valence-corrected chi connectivity index (χ4v) is 4.58. The quantitative estimate of drug-likeness (QED) is 0.591. The van der Waals surface area contributed by atoms with Crippen LogP contribution in [0, 0.1) is 6.92 Å². The van der Waals surface area contributed by atoms with E-state index in [2.05, 4.69) is 10.0 Å². The van der Waals surface area contributed by atoms with E-state index in [1.807, 2.05) is 0 Å². The molecule has 9 heteroatoms. The molecule has 5 nitrogen and oxygen atoms in total. The van der Waals surface area contributed by atoms with Crippen molar-refractivity contribution < 1.29 is 13.2 Å². The Morgan fingerprint density at radius 1 is 1.11 bits per heavy atom. The van der Waals surface area contributed by atoms with Crippen LogP contribution in [0.15, 0.2) is 36.4 Å². The lowest BCUT2D eigenvalue weighted by atomic mass is 10.1. The van der Waals surface area contributed by atoms with Gasteiger partial charge in [0.05, 0.1) is 11.9 Å². The molecule has 27 heavy (non-hydrogen) atoms. The molecule has 0 atom stereocenters. The van der Waals surface area contributed by atoms with E-state index in [4.69, 9.17) is 23.2 Å². The first-order valence-corrected chi connectivity index (χ1v) is 11.9. The smallest absolute Gasteiger partial charge is 0.251 e. The second-order valence-corrected chi connectivity index (χ2v) is 9.53. The number of hydrogen-bond donors (Lipinski definition) is 2. The SMILES string of the molecule is Cc1c(NS(C)(=O)=O)cccc1C(=O)NCCSCc1c(Cl)cccc1Cl. The first-order valence-electron chi connectivity index (χ1n) is 8.05. The Balaban J connectivity index is 1.88. The summed E-state index contributed by atoms with van der Waals surface area (Å²) in [4.78, 5) is 12.4. The van der Waals surface area contributed by atoms with Crippen molar-refractivity contribution in [3.05, 3.63) is 63.1 Å². The lowest BCUT2D eigenvalue weighted by Crippen LogP contribution is -2.26. The summed E-state index contributed by atoms with van der Waals surface area (Å²) in [6.07, 6.45) is 1.07. The summed E-state index contributed by atoms with van der Waals surface area (Å²) in [5, 5.41) is 4.10. The molecular weight excluding hydrogens is 427 g/mol. The van der Waals surface area contributed by atoms with Crippen molar-refractivity contribution in [3.8, 4) is 0 Å². The van der Waals surface area contributed by atoms with E-state index in [-0.39, 0.29) is 5.91 Å². The van der Waals surface area contributed by atoms with Gasteiger partial charge in [-0.1, -0.05) is 35.3 Å². The van der Waals surface area contributed by atoms with Gasteiger partial charge in [0.25, 0.3) is 5.91 Å². The van der Waals surface area contributed by atoms with Crippen molar-refractivity contribution in [2.24, 2.45) is 0 Å². The fourth-order valence-electron chi connectivity index (χ4n) is 2.37. The minimum Gasteiger partial charge on any atom is -0.351 e. The molecule has 0 heterocycles. The average molecular weight is 447 g/mol. The Labute approximate surface area is 173 Å². The van der Waals surface area contributed by atoms with Gasteiger partial charge in [0.15, 0.2) is 0 Å². The second-order valence-electron chi connectivity index (χ2n) is 5.86. The zero-order valence-corrected chi connectivity index (χ0v) is 18.0. The summed E-state index contributed by atoms with van der Waals surface area (Å²) in [5.74, 6) is 1.09. The predicted octanol–water partition coefficient (Wildman–Crippen LogP) is 4.34. The number of nitrogens with one attached hydrogen (secondary N) is 2. The van der Waals surface area contributed by atoms with E-state index < -0.39 is 10.0 Å². The van der Waals surface area contributed by atoms with Crippen LogP contribution in [0.1, 0.15) is 21.5 Å². The van der Waals surface area contributed by atoms with Crippen LogP contribution in [0.2, 0.25) is 10.0 Å². The molecule has 2 N–H and O–H groups in total. The summed E-state index contributed by atoms with van der Waals surface area (Å²) < 4.78 is 25.2. The first kappa shape index (κ1) is 21.9. The molecule has 2 aromatic carbocycles. The highest BCUT2D eigenvalue weighted by molar-refractivity contribution is 7.98. The molecule has 146 valence electrons. The van der Waals surface area contributed by atoms with Crippen LogP contribution in [0.25, 0.3) is 0 Å². The Bertz CT molecular complexity index is 914. The summed E-state index contributed by atoms with van der Waals surface area (Å²) in [7, 11) is -3.41. The van der Waals surface area contributed by atoms with Crippen molar-refractivity contribution in [2.75, 3.05) is 23.3 Å². The van der Waals surface area contributed by atoms with Gasteiger partial charge in [0.2, 0.25) is 10.0 Å². The van der Waals surface area contributed by atoms with Gasteiger partial charge in [-0.2, -0.15) is 11.8 Å². The van der Waals surface area contributed by atoms with Crippen molar-refractivity contribution in [3.63, 3.8) is 0 Å². The maximum atomic E-state index is 12.4. The molecule has 0 unspecified atom stereocenters. The van der Waals surface area contributed by atoms with Gasteiger partial charge in [-0.3, -0.25) is 9.52 Å². The van der Waals surface area contributed by atoms with Gasteiger partial charge < -0.3 is 5.32 Å². The van der Waals surface area contributed by atoms with E-state index in [1.54, 1.807) is 55.1 Å². The lowest BCUT2D eigenvalue weighted by molar-refractivity contribution is 0.0955. The van der Waals surface area contributed by atoms with Gasteiger partial charge >= 0.3 is 0 Å². The number of halogens is 2. The molecule has 0 aliphatic carbocycles. The highest BCUT2D eigenvalue weighted by Crippen LogP contribution is 2.28. The van der Waals surface area contributed by atoms with Crippen LogP contribution < -0.4 is 10.0 Å². The Morgan fingerprint density at radius 3 is 2.37 bits per heavy atom.